The highest BCUT2D eigenvalue weighted by Gasteiger charge is 2.24. The highest BCUT2D eigenvalue weighted by molar-refractivity contribution is 8.18. The van der Waals surface area contributed by atoms with Crippen molar-refractivity contribution in [3.63, 3.8) is 0 Å². The predicted octanol–water partition coefficient (Wildman–Crippen LogP) is 1.67. The van der Waals surface area contributed by atoms with E-state index in [4.69, 9.17) is 10.5 Å². The van der Waals surface area contributed by atoms with Gasteiger partial charge in [0.25, 0.3) is 11.1 Å². The summed E-state index contributed by atoms with van der Waals surface area (Å²) in [5.41, 5.74) is 7.79. The van der Waals surface area contributed by atoms with Crippen LogP contribution in [-0.4, -0.2) is 24.3 Å². The maximum absolute atomic E-state index is 11.3. The van der Waals surface area contributed by atoms with Crippen molar-refractivity contribution in [1.82, 2.24) is 11.1 Å². The molecule has 1 fully saturated rings. The lowest BCUT2D eigenvalue weighted by Gasteiger charge is -2.03. The van der Waals surface area contributed by atoms with Gasteiger partial charge in [-0.2, -0.15) is 0 Å². The van der Waals surface area contributed by atoms with Gasteiger partial charge in [-0.3, -0.25) is 20.6 Å². The van der Waals surface area contributed by atoms with E-state index in [0.29, 0.717) is 17.3 Å². The molecule has 0 unspecified atom stereocenters. The Morgan fingerprint density at radius 3 is 2.56 bits per heavy atom. The van der Waals surface area contributed by atoms with Crippen molar-refractivity contribution in [1.29, 1.82) is 0 Å². The largest absolute Gasteiger partial charge is 0.492 e. The molecule has 18 heavy (non-hydrogen) atoms. The maximum Gasteiger partial charge on any atom is 0.290 e. The van der Waals surface area contributed by atoms with Crippen LogP contribution in [0, 0.1) is 0 Å². The summed E-state index contributed by atoms with van der Waals surface area (Å²) in [6.07, 6.45) is 1.65. The second-order valence-electron chi connectivity index (χ2n) is 3.52. The first-order valence-corrected chi connectivity index (χ1v) is 6.13. The average molecular weight is 263 g/mol. The summed E-state index contributed by atoms with van der Waals surface area (Å²) in [6, 6.07) is 7.12. The van der Waals surface area contributed by atoms with Gasteiger partial charge in [-0.15, -0.1) is 0 Å². The van der Waals surface area contributed by atoms with E-state index in [1.807, 2.05) is 0 Å². The van der Waals surface area contributed by atoms with E-state index < -0.39 is 0 Å². The molecule has 1 aromatic carbocycles. The second kappa shape index (κ2) is 5.70. The molecule has 1 aliphatic rings. The minimum Gasteiger partial charge on any atom is -0.492 e. The third-order valence-corrected chi connectivity index (χ3v) is 3.00. The zero-order valence-electron chi connectivity index (χ0n) is 9.43. The molecular formula is C12H11N2O3S. The van der Waals surface area contributed by atoms with E-state index in [2.05, 4.69) is 5.32 Å². The first kappa shape index (κ1) is 12.7. The molecule has 1 heterocycles. The molecular weight excluding hydrogens is 252 g/mol. The highest BCUT2D eigenvalue weighted by Crippen LogP contribution is 2.26. The lowest BCUT2D eigenvalue weighted by Crippen LogP contribution is -2.17. The zero-order chi connectivity index (χ0) is 13.0. The number of ether oxygens (including phenoxy) is 1. The number of hydrogen-bond acceptors (Lipinski definition) is 4. The lowest BCUT2D eigenvalue weighted by atomic mass is 10.2. The molecule has 2 N–H and O–H groups in total. The van der Waals surface area contributed by atoms with Crippen LogP contribution >= 0.6 is 11.8 Å². The molecule has 6 heteroatoms. The second-order valence-corrected chi connectivity index (χ2v) is 4.53. The Hall–Kier alpha value is -1.79. The Bertz CT molecular complexity index is 497. The van der Waals surface area contributed by atoms with Crippen LogP contribution in [0.15, 0.2) is 29.2 Å². The first-order chi connectivity index (χ1) is 8.69. The van der Waals surface area contributed by atoms with Crippen LogP contribution in [0.2, 0.25) is 0 Å². The quantitative estimate of drug-likeness (QED) is 0.838. The normalized spacial score (nSPS) is 17.1. The van der Waals surface area contributed by atoms with Gasteiger partial charge in [0.15, 0.2) is 0 Å². The fourth-order valence-corrected chi connectivity index (χ4v) is 2.08. The van der Waals surface area contributed by atoms with E-state index in [0.717, 1.165) is 17.3 Å². The fraction of sp³-hybridized carbons (Fsp3) is 0.167. The minimum atomic E-state index is -0.362. The van der Waals surface area contributed by atoms with Crippen LogP contribution < -0.4 is 15.8 Å². The summed E-state index contributed by atoms with van der Waals surface area (Å²) < 4.78 is 5.27. The highest BCUT2D eigenvalue weighted by atomic mass is 32.2. The number of carbonyl (C=O) groups excluding carboxylic acids is 2. The Morgan fingerprint density at radius 1 is 1.28 bits per heavy atom. The van der Waals surface area contributed by atoms with Gasteiger partial charge in [0, 0.05) is 6.54 Å². The summed E-state index contributed by atoms with van der Waals surface area (Å²) in [5.74, 6) is 0.323. The van der Waals surface area contributed by atoms with Gasteiger partial charge in [-0.25, -0.2) is 0 Å². The number of imide groups is 1. The zero-order valence-corrected chi connectivity index (χ0v) is 10.3. The summed E-state index contributed by atoms with van der Waals surface area (Å²) in [7, 11) is 0. The molecule has 0 aliphatic carbocycles. The van der Waals surface area contributed by atoms with Crippen LogP contribution in [0.1, 0.15) is 5.56 Å². The monoisotopic (exact) mass is 263 g/mol. The molecule has 1 radical (unpaired) electrons. The van der Waals surface area contributed by atoms with Gasteiger partial charge >= 0.3 is 0 Å². The molecule has 0 spiro atoms. The number of nitrogens with one attached hydrogen (secondary N) is 2. The van der Waals surface area contributed by atoms with Gasteiger partial charge in [-0.05, 0) is 35.5 Å². The molecule has 0 saturated carbocycles. The molecule has 2 rings (SSSR count). The average Bonchev–Trinajstić information content (AvgIpc) is 2.67. The van der Waals surface area contributed by atoms with E-state index >= 15 is 0 Å². The third kappa shape index (κ3) is 3.12. The van der Waals surface area contributed by atoms with Crippen LogP contribution in [-0.2, 0) is 4.79 Å². The Morgan fingerprint density at radius 2 is 2.00 bits per heavy atom. The van der Waals surface area contributed by atoms with E-state index in [9.17, 15) is 9.59 Å². The molecule has 1 aliphatic heterocycles. The number of hydrogen-bond donors (Lipinski definition) is 1. The molecule has 93 valence electrons. The molecule has 2 amide bonds. The number of rotatable bonds is 4. The summed E-state index contributed by atoms with van der Waals surface area (Å²) in [6.45, 7) is 0.567. The van der Waals surface area contributed by atoms with Crippen LogP contribution in [0.5, 0.6) is 5.75 Å². The Labute approximate surface area is 108 Å². The van der Waals surface area contributed by atoms with Crippen molar-refractivity contribution < 1.29 is 14.3 Å². The van der Waals surface area contributed by atoms with Crippen molar-refractivity contribution >= 4 is 29.0 Å². The van der Waals surface area contributed by atoms with Gasteiger partial charge in [0.1, 0.15) is 12.4 Å². The maximum atomic E-state index is 11.3. The van der Waals surface area contributed by atoms with Gasteiger partial charge in [-0.1, -0.05) is 12.1 Å². The van der Waals surface area contributed by atoms with E-state index in [1.165, 1.54) is 0 Å². The molecule has 0 atom stereocenters. The van der Waals surface area contributed by atoms with Crippen LogP contribution in [0.25, 0.3) is 6.08 Å². The predicted molar refractivity (Wildman–Crippen MR) is 69.0 cm³/mol. The van der Waals surface area contributed by atoms with Crippen molar-refractivity contribution in [3.8, 4) is 5.75 Å². The van der Waals surface area contributed by atoms with E-state index in [-0.39, 0.29) is 17.7 Å². The van der Waals surface area contributed by atoms with E-state index in [1.54, 1.807) is 30.3 Å². The van der Waals surface area contributed by atoms with Gasteiger partial charge < -0.3 is 4.74 Å². The smallest absolute Gasteiger partial charge is 0.290 e. The molecule has 0 bridgehead atoms. The summed E-state index contributed by atoms with van der Waals surface area (Å²) in [5, 5.41) is 1.85. The molecule has 1 saturated heterocycles. The SMILES string of the molecule is [NH]CCOc1ccc(/C=C2/SC(=O)NC2=O)cc1. The molecule has 0 aromatic heterocycles. The summed E-state index contributed by atoms with van der Waals surface area (Å²) in [4.78, 5) is 22.7. The van der Waals surface area contributed by atoms with Crippen molar-refractivity contribution in [2.75, 3.05) is 13.2 Å². The Kier molecular flexibility index (Phi) is 4.01. The number of carbonyl (C=O) groups is 2. The molecule has 1 aromatic rings. The van der Waals surface area contributed by atoms with Crippen molar-refractivity contribution in [2.45, 2.75) is 0 Å². The van der Waals surface area contributed by atoms with Crippen LogP contribution in [0.4, 0.5) is 4.79 Å². The fourth-order valence-electron chi connectivity index (χ4n) is 1.40. The van der Waals surface area contributed by atoms with Gasteiger partial charge in [0.2, 0.25) is 0 Å². The van der Waals surface area contributed by atoms with Crippen molar-refractivity contribution in [2.24, 2.45) is 0 Å². The number of thioether (sulfide) groups is 1. The summed E-state index contributed by atoms with van der Waals surface area (Å²) >= 11 is 0.892. The van der Waals surface area contributed by atoms with Gasteiger partial charge in [0.05, 0.1) is 4.91 Å². The number of amides is 2. The minimum absolute atomic E-state index is 0.213. The third-order valence-electron chi connectivity index (χ3n) is 2.19. The molecule has 5 nitrogen and oxygen atoms in total. The first-order valence-electron chi connectivity index (χ1n) is 5.31. The van der Waals surface area contributed by atoms with Crippen LogP contribution in [0.3, 0.4) is 0 Å². The van der Waals surface area contributed by atoms with Crippen molar-refractivity contribution in [3.05, 3.63) is 34.7 Å². The topological polar surface area (TPSA) is 79.2 Å². The standard InChI is InChI=1S/C12H11N2O3S/c13-5-6-17-9-3-1-8(2-4-9)7-10-11(15)14-12(16)18-10/h1-4,7,13H,5-6H2,(H,14,15,16)/b10-7+. The Balaban J connectivity index is 2.08. The lowest BCUT2D eigenvalue weighted by molar-refractivity contribution is -0.115. The number of benzene rings is 1.